The molecule has 0 saturated heterocycles. The highest BCUT2D eigenvalue weighted by molar-refractivity contribution is 7.92. The van der Waals surface area contributed by atoms with Gasteiger partial charge in [-0.2, -0.15) is 0 Å². The molecule has 0 atom stereocenters. The van der Waals surface area contributed by atoms with Gasteiger partial charge in [-0.15, -0.1) is 10.2 Å². The van der Waals surface area contributed by atoms with E-state index in [1.807, 2.05) is 0 Å². The van der Waals surface area contributed by atoms with Crippen LogP contribution in [-0.2, 0) is 10.0 Å². The molecule has 0 radical (unpaired) electrons. The van der Waals surface area contributed by atoms with Crippen molar-refractivity contribution in [1.82, 2.24) is 10.2 Å². The minimum absolute atomic E-state index is 0.0242. The fraction of sp³-hybridized carbons (Fsp3) is 0.0909. The van der Waals surface area contributed by atoms with Crippen LogP contribution in [0, 0.1) is 6.92 Å². The molecule has 2 rings (SSSR count). The summed E-state index contributed by atoms with van der Waals surface area (Å²) in [5.74, 6) is 0.0577. The van der Waals surface area contributed by atoms with E-state index in [1.54, 1.807) is 6.92 Å². The third kappa shape index (κ3) is 3.12. The minimum Gasteiger partial charge on any atom is -0.397 e. The second-order valence-corrected chi connectivity index (χ2v) is 6.43. The van der Waals surface area contributed by atoms with Crippen molar-refractivity contribution in [3.63, 3.8) is 0 Å². The predicted octanol–water partition coefficient (Wildman–Crippen LogP) is 2.47. The zero-order valence-electron chi connectivity index (χ0n) is 10.3. The Morgan fingerprint density at radius 2 is 1.90 bits per heavy atom. The largest absolute Gasteiger partial charge is 0.397 e. The summed E-state index contributed by atoms with van der Waals surface area (Å²) in [6.07, 6.45) is 0. The van der Waals surface area contributed by atoms with Crippen LogP contribution >= 0.6 is 23.2 Å². The van der Waals surface area contributed by atoms with Crippen LogP contribution in [0.15, 0.2) is 29.2 Å². The highest BCUT2D eigenvalue weighted by Gasteiger charge is 2.19. The average molecular weight is 333 g/mol. The van der Waals surface area contributed by atoms with Crippen molar-refractivity contribution in [3.05, 3.63) is 40.0 Å². The second kappa shape index (κ2) is 5.43. The number of nitrogen functional groups attached to an aromatic ring is 1. The van der Waals surface area contributed by atoms with E-state index >= 15 is 0 Å². The summed E-state index contributed by atoms with van der Waals surface area (Å²) in [5, 5.41) is 7.65. The summed E-state index contributed by atoms with van der Waals surface area (Å²) in [6.45, 7) is 1.62. The van der Waals surface area contributed by atoms with Crippen LogP contribution in [0.1, 0.15) is 5.56 Å². The number of benzene rings is 1. The maximum absolute atomic E-state index is 12.3. The number of aryl methyl sites for hydroxylation is 1. The lowest BCUT2D eigenvalue weighted by Crippen LogP contribution is -2.16. The minimum atomic E-state index is -3.83. The number of nitrogens with one attached hydrogen (secondary N) is 1. The second-order valence-electron chi connectivity index (χ2n) is 3.99. The number of rotatable bonds is 3. The molecule has 0 amide bonds. The Kier molecular flexibility index (Phi) is 4.03. The van der Waals surface area contributed by atoms with Crippen LogP contribution in [0.5, 0.6) is 0 Å². The summed E-state index contributed by atoms with van der Waals surface area (Å²) in [7, 11) is -3.83. The quantitative estimate of drug-likeness (QED) is 0.841. The summed E-state index contributed by atoms with van der Waals surface area (Å²) in [5.41, 5.74) is 6.28. The van der Waals surface area contributed by atoms with Crippen LogP contribution < -0.4 is 10.5 Å². The molecule has 0 unspecified atom stereocenters. The lowest BCUT2D eigenvalue weighted by molar-refractivity contribution is 0.600. The highest BCUT2D eigenvalue weighted by atomic mass is 35.5. The van der Waals surface area contributed by atoms with Crippen molar-refractivity contribution in [1.29, 1.82) is 0 Å². The summed E-state index contributed by atoms with van der Waals surface area (Å²) in [4.78, 5) is 0.0242. The monoisotopic (exact) mass is 332 g/mol. The van der Waals surface area contributed by atoms with E-state index in [-0.39, 0.29) is 21.6 Å². The number of anilines is 2. The maximum Gasteiger partial charge on any atom is 0.263 e. The molecule has 9 heteroatoms. The van der Waals surface area contributed by atoms with Gasteiger partial charge in [-0.3, -0.25) is 4.72 Å². The van der Waals surface area contributed by atoms with Crippen LogP contribution in [0.3, 0.4) is 0 Å². The van der Waals surface area contributed by atoms with Crippen molar-refractivity contribution in [2.24, 2.45) is 0 Å². The third-order valence-electron chi connectivity index (χ3n) is 2.45. The van der Waals surface area contributed by atoms with Crippen LogP contribution in [0.25, 0.3) is 0 Å². The van der Waals surface area contributed by atoms with E-state index in [4.69, 9.17) is 28.9 Å². The fourth-order valence-electron chi connectivity index (χ4n) is 1.52. The predicted molar refractivity (Wildman–Crippen MR) is 78.5 cm³/mol. The Bertz CT molecular complexity index is 748. The first kappa shape index (κ1) is 14.8. The SMILES string of the molecule is Cc1cc(Cl)c(N)cc1S(=O)(=O)Nc1ccc(Cl)nn1. The van der Waals surface area contributed by atoms with Crippen molar-refractivity contribution < 1.29 is 8.42 Å². The van der Waals surface area contributed by atoms with E-state index in [2.05, 4.69) is 14.9 Å². The number of hydrogen-bond donors (Lipinski definition) is 2. The third-order valence-corrected chi connectivity index (χ3v) is 4.48. The zero-order chi connectivity index (χ0) is 14.9. The van der Waals surface area contributed by atoms with Gasteiger partial charge in [0.1, 0.15) is 0 Å². The molecule has 106 valence electrons. The molecule has 2 aromatic rings. The molecule has 0 fully saturated rings. The number of hydrogen-bond acceptors (Lipinski definition) is 5. The van der Waals surface area contributed by atoms with Gasteiger partial charge in [-0.25, -0.2) is 8.42 Å². The average Bonchev–Trinajstić information content (AvgIpc) is 2.36. The molecule has 6 nitrogen and oxygen atoms in total. The van der Waals surface area contributed by atoms with Gasteiger partial charge in [0.15, 0.2) is 11.0 Å². The first-order chi connectivity index (χ1) is 9.29. The van der Waals surface area contributed by atoms with Gasteiger partial charge in [-0.05, 0) is 36.8 Å². The molecule has 1 aromatic carbocycles. The Morgan fingerprint density at radius 3 is 2.50 bits per heavy atom. The molecule has 1 heterocycles. The molecule has 0 aliphatic heterocycles. The molecule has 1 aromatic heterocycles. The van der Waals surface area contributed by atoms with Crippen LogP contribution in [0.4, 0.5) is 11.5 Å². The van der Waals surface area contributed by atoms with Crippen molar-refractivity contribution in [2.45, 2.75) is 11.8 Å². The number of aromatic nitrogens is 2. The van der Waals surface area contributed by atoms with Gasteiger partial charge in [0.05, 0.1) is 15.6 Å². The molecular weight excluding hydrogens is 323 g/mol. The van der Waals surface area contributed by atoms with E-state index in [0.29, 0.717) is 10.6 Å². The van der Waals surface area contributed by atoms with Gasteiger partial charge in [0.25, 0.3) is 10.0 Å². The molecule has 0 saturated carbocycles. The van der Waals surface area contributed by atoms with Gasteiger partial charge in [0.2, 0.25) is 0 Å². The summed E-state index contributed by atoms with van der Waals surface area (Å²) < 4.78 is 26.8. The van der Waals surface area contributed by atoms with Crippen molar-refractivity contribution in [3.8, 4) is 0 Å². The molecule has 0 aliphatic rings. The standard InChI is InChI=1S/C11H10Cl2N4O2S/c1-6-4-7(12)8(14)5-9(6)20(18,19)17-11-3-2-10(13)15-16-11/h2-5H,14H2,1H3,(H,16,17). The highest BCUT2D eigenvalue weighted by Crippen LogP contribution is 2.27. The van der Waals surface area contributed by atoms with Gasteiger partial charge >= 0.3 is 0 Å². The summed E-state index contributed by atoms with van der Waals surface area (Å²) in [6, 6.07) is 5.61. The molecule has 0 aliphatic carbocycles. The van der Waals surface area contributed by atoms with Gasteiger partial charge in [-0.1, -0.05) is 23.2 Å². The molecule has 0 bridgehead atoms. The first-order valence-corrected chi connectivity index (χ1v) is 7.61. The lowest BCUT2D eigenvalue weighted by Gasteiger charge is -2.11. The van der Waals surface area contributed by atoms with E-state index in [9.17, 15) is 8.42 Å². The first-order valence-electron chi connectivity index (χ1n) is 5.37. The number of halogens is 2. The summed E-state index contributed by atoms with van der Waals surface area (Å²) >= 11 is 11.4. The molecule has 20 heavy (non-hydrogen) atoms. The Hall–Kier alpha value is -1.57. The van der Waals surface area contributed by atoms with Crippen LogP contribution in [0.2, 0.25) is 10.2 Å². The molecule has 0 spiro atoms. The van der Waals surface area contributed by atoms with Gasteiger partial charge in [0, 0.05) is 0 Å². The number of sulfonamides is 1. The normalized spacial score (nSPS) is 11.3. The lowest BCUT2D eigenvalue weighted by atomic mass is 10.2. The molecular formula is C11H10Cl2N4O2S. The maximum atomic E-state index is 12.3. The Balaban J connectivity index is 2.40. The number of nitrogens with zero attached hydrogens (tertiary/aromatic N) is 2. The topological polar surface area (TPSA) is 98.0 Å². The van der Waals surface area contributed by atoms with Crippen molar-refractivity contribution in [2.75, 3.05) is 10.5 Å². The molecule has 3 N–H and O–H groups in total. The van der Waals surface area contributed by atoms with Crippen LogP contribution in [-0.4, -0.2) is 18.6 Å². The zero-order valence-corrected chi connectivity index (χ0v) is 12.6. The van der Waals surface area contributed by atoms with Gasteiger partial charge < -0.3 is 5.73 Å². The fourth-order valence-corrected chi connectivity index (χ4v) is 3.10. The number of nitrogens with two attached hydrogens (primary N) is 1. The van der Waals surface area contributed by atoms with E-state index in [1.165, 1.54) is 24.3 Å². The smallest absolute Gasteiger partial charge is 0.263 e. The van der Waals surface area contributed by atoms with E-state index in [0.717, 1.165) is 0 Å². The Morgan fingerprint density at radius 1 is 1.20 bits per heavy atom. The van der Waals surface area contributed by atoms with Crippen molar-refractivity contribution >= 4 is 44.7 Å². The Labute approximate surface area is 126 Å². The van der Waals surface area contributed by atoms with E-state index < -0.39 is 10.0 Å².